The number of hydrogen-bond acceptors (Lipinski definition) is 2. The predicted octanol–water partition coefficient (Wildman–Crippen LogP) is 2.83. The van der Waals surface area contributed by atoms with E-state index in [9.17, 15) is 4.79 Å². The van der Waals surface area contributed by atoms with Crippen LogP contribution in [0.1, 0.15) is 25.0 Å². The normalized spacial score (nSPS) is 11.5. The van der Waals surface area contributed by atoms with E-state index < -0.39 is 0 Å². The van der Waals surface area contributed by atoms with Gasteiger partial charge in [-0.05, 0) is 36.6 Å². The Morgan fingerprint density at radius 1 is 1.33 bits per heavy atom. The fourth-order valence-electron chi connectivity index (χ4n) is 1.30. The quantitative estimate of drug-likeness (QED) is 0.705. The second-order valence-corrected chi connectivity index (χ2v) is 3.52. The van der Waals surface area contributed by atoms with Gasteiger partial charge in [-0.25, -0.2) is 0 Å². The van der Waals surface area contributed by atoms with Gasteiger partial charge in [0.25, 0.3) is 0 Å². The lowest BCUT2D eigenvalue weighted by molar-refractivity contribution is -0.113. The van der Waals surface area contributed by atoms with Crippen molar-refractivity contribution in [3.05, 3.63) is 41.0 Å². The van der Waals surface area contributed by atoms with Crippen LogP contribution in [0.25, 0.3) is 6.08 Å². The zero-order valence-electron chi connectivity index (χ0n) is 9.41. The predicted molar refractivity (Wildman–Crippen MR) is 61.5 cm³/mol. The van der Waals surface area contributed by atoms with Gasteiger partial charge in [-0.2, -0.15) is 0 Å². The summed E-state index contributed by atoms with van der Waals surface area (Å²) in [6.45, 7) is 3.97. The molecule has 1 aromatic carbocycles. The van der Waals surface area contributed by atoms with Gasteiger partial charge in [-0.15, -0.1) is 0 Å². The minimum atomic E-state index is 0.0993. The van der Waals surface area contributed by atoms with E-state index in [1.165, 1.54) is 0 Å². The summed E-state index contributed by atoms with van der Waals surface area (Å²) in [7, 11) is 1.67. The monoisotopic (exact) mass is 204 g/mol. The number of allylic oxidation sites excluding steroid dienone is 1. The number of benzene rings is 1. The number of Topliss-reactive ketones (excluding diaryl/α,β-unsaturated/α-hetero) is 1. The van der Waals surface area contributed by atoms with Gasteiger partial charge in [-0.1, -0.05) is 24.3 Å². The van der Waals surface area contributed by atoms with Crippen molar-refractivity contribution in [2.75, 3.05) is 7.11 Å². The van der Waals surface area contributed by atoms with Crippen LogP contribution in [0, 0.1) is 0 Å². The third kappa shape index (κ3) is 3.33. The molecule has 15 heavy (non-hydrogen) atoms. The summed E-state index contributed by atoms with van der Waals surface area (Å²) in [5, 5.41) is 0. The summed E-state index contributed by atoms with van der Waals surface area (Å²) in [4.78, 5) is 11.1. The Morgan fingerprint density at radius 2 is 2.00 bits per heavy atom. The molecule has 1 aromatic rings. The molecule has 0 radical (unpaired) electrons. The molecular formula is C13H16O2. The summed E-state index contributed by atoms with van der Waals surface area (Å²) in [5.74, 6) is 0.0993. The molecule has 0 aliphatic rings. The zero-order valence-corrected chi connectivity index (χ0v) is 9.41. The molecule has 0 aliphatic carbocycles. The largest absolute Gasteiger partial charge is 0.380 e. The van der Waals surface area contributed by atoms with Crippen LogP contribution < -0.4 is 0 Å². The van der Waals surface area contributed by atoms with Gasteiger partial charge < -0.3 is 4.74 Å². The van der Waals surface area contributed by atoms with Gasteiger partial charge >= 0.3 is 0 Å². The van der Waals surface area contributed by atoms with Gasteiger partial charge in [0, 0.05) is 7.11 Å². The van der Waals surface area contributed by atoms with E-state index in [1.54, 1.807) is 14.0 Å². The van der Waals surface area contributed by atoms with E-state index in [-0.39, 0.29) is 5.78 Å². The van der Waals surface area contributed by atoms with E-state index in [0.717, 1.165) is 16.7 Å². The first-order valence-corrected chi connectivity index (χ1v) is 4.91. The lowest BCUT2D eigenvalue weighted by Crippen LogP contribution is -1.94. The number of hydrogen-bond donors (Lipinski definition) is 0. The van der Waals surface area contributed by atoms with Crippen molar-refractivity contribution in [2.24, 2.45) is 0 Å². The van der Waals surface area contributed by atoms with Crippen LogP contribution in [0.5, 0.6) is 0 Å². The fourth-order valence-corrected chi connectivity index (χ4v) is 1.30. The molecule has 0 atom stereocenters. The fraction of sp³-hybridized carbons (Fsp3) is 0.308. The summed E-state index contributed by atoms with van der Waals surface area (Å²) in [6.07, 6.45) is 1.90. The number of rotatable bonds is 4. The van der Waals surface area contributed by atoms with Crippen molar-refractivity contribution in [3.8, 4) is 0 Å². The average Bonchev–Trinajstić information content (AvgIpc) is 2.21. The second-order valence-electron chi connectivity index (χ2n) is 3.52. The highest BCUT2D eigenvalue weighted by molar-refractivity contribution is 5.97. The van der Waals surface area contributed by atoms with Gasteiger partial charge in [-0.3, -0.25) is 4.79 Å². The lowest BCUT2D eigenvalue weighted by Gasteiger charge is -2.05. The molecule has 0 N–H and O–H groups in total. The number of ketones is 1. The maximum absolute atomic E-state index is 11.1. The van der Waals surface area contributed by atoms with Crippen LogP contribution in [0.15, 0.2) is 29.8 Å². The van der Waals surface area contributed by atoms with Crippen molar-refractivity contribution in [1.29, 1.82) is 0 Å². The highest BCUT2D eigenvalue weighted by Crippen LogP contribution is 2.14. The first-order valence-electron chi connectivity index (χ1n) is 4.91. The Balaban J connectivity index is 3.03. The number of methoxy groups -OCH3 is 1. The molecule has 0 saturated carbocycles. The van der Waals surface area contributed by atoms with Crippen LogP contribution in [0.3, 0.4) is 0 Å². The maximum Gasteiger partial charge on any atom is 0.155 e. The van der Waals surface area contributed by atoms with Gasteiger partial charge in [0.15, 0.2) is 5.78 Å². The molecule has 2 heteroatoms. The molecule has 1 rings (SSSR count). The molecule has 0 saturated heterocycles. The first-order chi connectivity index (χ1) is 7.15. The molecule has 0 heterocycles. The minimum Gasteiger partial charge on any atom is -0.380 e. The molecule has 0 unspecified atom stereocenters. The molecule has 2 nitrogen and oxygen atoms in total. The van der Waals surface area contributed by atoms with Gasteiger partial charge in [0.05, 0.1) is 6.61 Å². The van der Waals surface area contributed by atoms with Crippen LogP contribution in [0.2, 0.25) is 0 Å². The Morgan fingerprint density at radius 3 is 2.60 bits per heavy atom. The van der Waals surface area contributed by atoms with Crippen molar-refractivity contribution >= 4 is 11.9 Å². The molecule has 0 fully saturated rings. The zero-order chi connectivity index (χ0) is 11.3. The minimum absolute atomic E-state index is 0.0993. The number of ether oxygens (including phenoxy) is 1. The van der Waals surface area contributed by atoms with Crippen molar-refractivity contribution in [3.63, 3.8) is 0 Å². The third-order valence-electron chi connectivity index (χ3n) is 2.28. The standard InChI is InChI=1S/C13H16O2/c1-10(11(2)14)8-12-6-4-5-7-13(12)9-15-3/h4-8H,9H2,1-3H3/b10-8-. The molecule has 80 valence electrons. The van der Waals surface area contributed by atoms with E-state index >= 15 is 0 Å². The molecule has 0 spiro atoms. The van der Waals surface area contributed by atoms with Crippen LogP contribution in [-0.4, -0.2) is 12.9 Å². The Hall–Kier alpha value is -1.41. The molecule has 0 amide bonds. The smallest absolute Gasteiger partial charge is 0.155 e. The van der Waals surface area contributed by atoms with Gasteiger partial charge in [0.2, 0.25) is 0 Å². The third-order valence-corrected chi connectivity index (χ3v) is 2.28. The van der Waals surface area contributed by atoms with E-state index in [2.05, 4.69) is 0 Å². The van der Waals surface area contributed by atoms with Crippen LogP contribution in [0.4, 0.5) is 0 Å². The summed E-state index contributed by atoms with van der Waals surface area (Å²) < 4.78 is 5.10. The Bertz CT molecular complexity index is 378. The van der Waals surface area contributed by atoms with Crippen molar-refractivity contribution < 1.29 is 9.53 Å². The Kier molecular flexibility index (Phi) is 4.25. The molecule has 0 aliphatic heterocycles. The van der Waals surface area contributed by atoms with E-state index in [0.29, 0.717) is 6.61 Å². The topological polar surface area (TPSA) is 26.3 Å². The molecule has 0 aromatic heterocycles. The van der Waals surface area contributed by atoms with Crippen LogP contribution in [-0.2, 0) is 16.1 Å². The Labute approximate surface area is 90.6 Å². The average molecular weight is 204 g/mol. The SMILES string of the molecule is COCc1ccccc1/C=C(/C)C(C)=O. The maximum atomic E-state index is 11.1. The summed E-state index contributed by atoms with van der Waals surface area (Å²) >= 11 is 0. The number of carbonyl (C=O) groups is 1. The second kappa shape index (κ2) is 5.47. The van der Waals surface area contributed by atoms with Gasteiger partial charge in [0.1, 0.15) is 0 Å². The molecule has 0 bridgehead atoms. The van der Waals surface area contributed by atoms with E-state index in [1.807, 2.05) is 37.3 Å². The summed E-state index contributed by atoms with van der Waals surface area (Å²) in [5.41, 5.74) is 2.91. The first kappa shape index (κ1) is 11.7. The lowest BCUT2D eigenvalue weighted by atomic mass is 10.0. The highest BCUT2D eigenvalue weighted by atomic mass is 16.5. The van der Waals surface area contributed by atoms with Crippen molar-refractivity contribution in [1.82, 2.24) is 0 Å². The van der Waals surface area contributed by atoms with Crippen LogP contribution >= 0.6 is 0 Å². The highest BCUT2D eigenvalue weighted by Gasteiger charge is 2.01. The van der Waals surface area contributed by atoms with Crippen molar-refractivity contribution in [2.45, 2.75) is 20.5 Å². The summed E-state index contributed by atoms with van der Waals surface area (Å²) in [6, 6.07) is 7.91. The molecular weight excluding hydrogens is 188 g/mol. The number of carbonyl (C=O) groups excluding carboxylic acids is 1. The van der Waals surface area contributed by atoms with E-state index in [4.69, 9.17) is 4.74 Å².